The number of urea groups is 1. The molecule has 0 unspecified atom stereocenters. The summed E-state index contributed by atoms with van der Waals surface area (Å²) < 4.78 is 1.93. The van der Waals surface area contributed by atoms with E-state index in [0.29, 0.717) is 0 Å². The molecule has 24 heavy (non-hydrogen) atoms. The molecule has 0 bridgehead atoms. The van der Waals surface area contributed by atoms with Gasteiger partial charge in [-0.05, 0) is 37.3 Å². The van der Waals surface area contributed by atoms with E-state index in [4.69, 9.17) is 0 Å². The highest BCUT2D eigenvalue weighted by Crippen LogP contribution is 2.36. The molecule has 1 aliphatic carbocycles. The summed E-state index contributed by atoms with van der Waals surface area (Å²) in [5.41, 5.74) is 3.64. The summed E-state index contributed by atoms with van der Waals surface area (Å²) in [5, 5.41) is 10.7. The van der Waals surface area contributed by atoms with E-state index in [1.165, 1.54) is 21.7 Å². The largest absolute Gasteiger partial charge is 0.331 e. The van der Waals surface area contributed by atoms with Crippen LogP contribution in [0.15, 0.2) is 35.4 Å². The Balaban J connectivity index is 1.45. The topological polar surface area (TPSA) is 59.0 Å². The van der Waals surface area contributed by atoms with Gasteiger partial charge in [0.05, 0.1) is 18.3 Å². The number of nitrogens with zero attached hydrogens (tertiary/aromatic N) is 2. The molecule has 0 spiro atoms. The molecule has 2 atom stereocenters. The van der Waals surface area contributed by atoms with Crippen LogP contribution in [0.4, 0.5) is 4.79 Å². The van der Waals surface area contributed by atoms with E-state index in [0.717, 1.165) is 31.4 Å². The lowest BCUT2D eigenvalue weighted by atomic mass is 9.93. The Morgan fingerprint density at radius 1 is 1.21 bits per heavy atom. The second-order valence-corrected chi connectivity index (χ2v) is 7.60. The van der Waals surface area contributed by atoms with Crippen molar-refractivity contribution in [3.63, 3.8) is 0 Å². The molecule has 5 nitrogen and oxygen atoms in total. The minimum absolute atomic E-state index is 0.0654. The summed E-state index contributed by atoms with van der Waals surface area (Å²) in [5.74, 6) is 1.04. The van der Waals surface area contributed by atoms with E-state index in [2.05, 4.69) is 33.9 Å². The van der Waals surface area contributed by atoms with Crippen molar-refractivity contribution >= 4 is 17.8 Å². The predicted octanol–water partition coefficient (Wildman–Crippen LogP) is 3.33. The highest BCUT2D eigenvalue weighted by Gasteiger charge is 2.27. The molecule has 0 fully saturated rings. The van der Waals surface area contributed by atoms with Gasteiger partial charge in [0.25, 0.3) is 0 Å². The maximum absolute atomic E-state index is 12.5. The van der Waals surface area contributed by atoms with E-state index in [1.54, 1.807) is 0 Å². The molecule has 2 aromatic rings. The number of hydrogen-bond acceptors (Lipinski definition) is 3. The minimum atomic E-state index is -0.0802. The maximum Gasteiger partial charge on any atom is 0.315 e. The van der Waals surface area contributed by atoms with E-state index >= 15 is 0 Å². The third kappa shape index (κ3) is 2.90. The molecule has 126 valence electrons. The Morgan fingerprint density at radius 2 is 2.00 bits per heavy atom. The summed E-state index contributed by atoms with van der Waals surface area (Å²) in [6, 6.07) is 8.43. The standard InChI is InChI=1S/C18H22N4OS/c1-22-16-7-4-6-14(13(16)11-19-22)20-18(23)21-15-9-10-24-17-8-3-2-5-12(15)17/h2-3,5,8,11,14-15H,4,6-7,9-10H2,1H3,(H2,20,21,23)/t14-,15+/m1/s1. The van der Waals surface area contributed by atoms with Crippen molar-refractivity contribution in [2.75, 3.05) is 5.75 Å². The predicted molar refractivity (Wildman–Crippen MR) is 95.1 cm³/mol. The number of aryl methyl sites for hydroxylation is 1. The summed E-state index contributed by atoms with van der Waals surface area (Å²) in [6.07, 6.45) is 5.96. The SMILES string of the molecule is Cn1ncc2c1CCC[C@H]2NC(=O)N[C@H]1CCSc2ccccc21. The number of rotatable bonds is 2. The molecule has 0 radical (unpaired) electrons. The van der Waals surface area contributed by atoms with Gasteiger partial charge in [-0.15, -0.1) is 11.8 Å². The molecule has 1 aromatic carbocycles. The fraction of sp³-hybridized carbons (Fsp3) is 0.444. The summed E-state index contributed by atoms with van der Waals surface area (Å²) >= 11 is 1.87. The number of thioether (sulfide) groups is 1. The van der Waals surface area contributed by atoms with E-state index in [9.17, 15) is 4.79 Å². The first-order valence-corrected chi connectivity index (χ1v) is 9.50. The van der Waals surface area contributed by atoms with Crippen LogP contribution in [-0.4, -0.2) is 21.6 Å². The van der Waals surface area contributed by atoms with Gasteiger partial charge in [0.1, 0.15) is 0 Å². The molecule has 2 amide bonds. The van der Waals surface area contributed by atoms with Crippen LogP contribution in [0.5, 0.6) is 0 Å². The second kappa shape index (κ2) is 6.51. The number of carbonyl (C=O) groups is 1. The Labute approximate surface area is 146 Å². The van der Waals surface area contributed by atoms with E-state index < -0.39 is 0 Å². The Hall–Kier alpha value is -1.95. The van der Waals surface area contributed by atoms with Gasteiger partial charge in [0.15, 0.2) is 0 Å². The Bertz CT molecular complexity index is 757. The number of amides is 2. The molecule has 4 rings (SSSR count). The molecule has 0 saturated heterocycles. The molecule has 1 aromatic heterocycles. The number of benzene rings is 1. The van der Waals surface area contributed by atoms with Crippen LogP contribution in [0.2, 0.25) is 0 Å². The quantitative estimate of drug-likeness (QED) is 0.880. The van der Waals surface area contributed by atoms with Gasteiger partial charge in [0.2, 0.25) is 0 Å². The van der Waals surface area contributed by atoms with Crippen molar-refractivity contribution in [3.05, 3.63) is 47.3 Å². The van der Waals surface area contributed by atoms with Crippen LogP contribution in [0, 0.1) is 0 Å². The minimum Gasteiger partial charge on any atom is -0.331 e. The van der Waals surface area contributed by atoms with Crippen molar-refractivity contribution in [2.45, 2.75) is 42.7 Å². The third-order valence-corrected chi connectivity index (χ3v) is 6.07. The zero-order valence-electron chi connectivity index (χ0n) is 13.8. The average molecular weight is 342 g/mol. The number of hydrogen-bond donors (Lipinski definition) is 2. The first-order chi connectivity index (χ1) is 11.7. The van der Waals surface area contributed by atoms with Gasteiger partial charge < -0.3 is 10.6 Å². The molecule has 6 heteroatoms. The van der Waals surface area contributed by atoms with Crippen LogP contribution in [-0.2, 0) is 13.5 Å². The van der Waals surface area contributed by atoms with Crippen molar-refractivity contribution in [2.24, 2.45) is 7.05 Å². The van der Waals surface area contributed by atoms with E-state index in [1.807, 2.05) is 35.8 Å². The first-order valence-electron chi connectivity index (χ1n) is 8.52. The van der Waals surface area contributed by atoms with Crippen LogP contribution < -0.4 is 10.6 Å². The fourth-order valence-corrected chi connectivity index (χ4v) is 4.83. The number of nitrogens with one attached hydrogen (secondary N) is 2. The number of aromatic nitrogens is 2. The molecular weight excluding hydrogens is 320 g/mol. The lowest BCUT2D eigenvalue weighted by Gasteiger charge is -2.28. The molecule has 2 N–H and O–H groups in total. The zero-order chi connectivity index (χ0) is 16.5. The van der Waals surface area contributed by atoms with Gasteiger partial charge in [0, 0.05) is 29.0 Å². The average Bonchev–Trinajstić information content (AvgIpc) is 2.98. The molecular formula is C18H22N4OS. The fourth-order valence-electron chi connectivity index (χ4n) is 3.71. The maximum atomic E-state index is 12.5. The van der Waals surface area contributed by atoms with Crippen LogP contribution in [0.3, 0.4) is 0 Å². The van der Waals surface area contributed by atoms with Crippen molar-refractivity contribution in [3.8, 4) is 0 Å². The van der Waals surface area contributed by atoms with Gasteiger partial charge in [-0.3, -0.25) is 4.68 Å². The first kappa shape index (κ1) is 15.6. The zero-order valence-corrected chi connectivity index (χ0v) is 14.6. The number of fused-ring (bicyclic) bond motifs is 2. The van der Waals surface area contributed by atoms with E-state index in [-0.39, 0.29) is 18.1 Å². The molecule has 1 aliphatic heterocycles. The second-order valence-electron chi connectivity index (χ2n) is 6.46. The van der Waals surface area contributed by atoms with Crippen molar-refractivity contribution < 1.29 is 4.79 Å². The van der Waals surface area contributed by atoms with Crippen molar-refractivity contribution in [1.82, 2.24) is 20.4 Å². The Morgan fingerprint density at radius 3 is 2.88 bits per heavy atom. The molecule has 0 saturated carbocycles. The number of carbonyl (C=O) groups excluding carboxylic acids is 1. The van der Waals surface area contributed by atoms with Gasteiger partial charge in [-0.25, -0.2) is 4.79 Å². The Kier molecular flexibility index (Phi) is 4.22. The van der Waals surface area contributed by atoms with Crippen LogP contribution >= 0.6 is 11.8 Å². The van der Waals surface area contributed by atoms with Crippen LogP contribution in [0.25, 0.3) is 0 Å². The smallest absolute Gasteiger partial charge is 0.315 e. The van der Waals surface area contributed by atoms with Gasteiger partial charge >= 0.3 is 6.03 Å². The normalized spacial score (nSPS) is 22.4. The lowest BCUT2D eigenvalue weighted by Crippen LogP contribution is -2.41. The summed E-state index contributed by atoms with van der Waals surface area (Å²) in [6.45, 7) is 0. The van der Waals surface area contributed by atoms with Gasteiger partial charge in [-0.1, -0.05) is 18.2 Å². The van der Waals surface area contributed by atoms with Gasteiger partial charge in [-0.2, -0.15) is 5.10 Å². The summed E-state index contributed by atoms with van der Waals surface area (Å²) in [7, 11) is 1.97. The summed E-state index contributed by atoms with van der Waals surface area (Å²) in [4.78, 5) is 13.8. The monoisotopic (exact) mass is 342 g/mol. The molecule has 2 aliphatic rings. The van der Waals surface area contributed by atoms with Crippen LogP contribution in [0.1, 0.15) is 48.2 Å². The molecule has 2 heterocycles. The van der Waals surface area contributed by atoms with Crippen molar-refractivity contribution in [1.29, 1.82) is 0 Å². The highest BCUT2D eigenvalue weighted by molar-refractivity contribution is 7.99. The highest BCUT2D eigenvalue weighted by atomic mass is 32.2. The lowest BCUT2D eigenvalue weighted by molar-refractivity contribution is 0.231. The third-order valence-electron chi connectivity index (χ3n) is 4.94.